The fourth-order valence-electron chi connectivity index (χ4n) is 2.98. The molecular formula is C23H22ClN3O4. The molecule has 7 nitrogen and oxygen atoms in total. The third-order valence-corrected chi connectivity index (χ3v) is 4.88. The van der Waals surface area contributed by atoms with Crippen LogP contribution in [0.25, 0.3) is 11.1 Å². The number of rotatable bonds is 7. The van der Waals surface area contributed by atoms with Gasteiger partial charge in [-0.05, 0) is 36.6 Å². The highest BCUT2D eigenvalue weighted by Gasteiger charge is 2.19. The lowest BCUT2D eigenvalue weighted by Crippen LogP contribution is -2.31. The van der Waals surface area contributed by atoms with Crippen LogP contribution < -0.4 is 5.32 Å². The van der Waals surface area contributed by atoms with Crippen LogP contribution in [0.4, 0.5) is 0 Å². The Bertz CT molecular complexity index is 1100. The molecule has 3 aromatic rings. The summed E-state index contributed by atoms with van der Waals surface area (Å²) in [5.74, 6) is -1.28. The highest BCUT2D eigenvalue weighted by Crippen LogP contribution is 2.27. The smallest absolute Gasteiger partial charge is 0.325 e. The summed E-state index contributed by atoms with van der Waals surface area (Å²) in [6.07, 6.45) is 0.271. The maximum absolute atomic E-state index is 12.4. The van der Waals surface area contributed by atoms with E-state index in [0.717, 1.165) is 16.7 Å². The van der Waals surface area contributed by atoms with Crippen molar-refractivity contribution in [2.24, 2.45) is 0 Å². The number of nitrogens with one attached hydrogen (secondary N) is 1. The number of carbonyl (C=O) groups excluding carboxylic acids is 2. The summed E-state index contributed by atoms with van der Waals surface area (Å²) in [6, 6.07) is 15.6. The number of esters is 1. The molecule has 1 heterocycles. The second kappa shape index (κ2) is 10.0. The van der Waals surface area contributed by atoms with Crippen LogP contribution in [0.15, 0.2) is 48.5 Å². The Balaban J connectivity index is 1.80. The van der Waals surface area contributed by atoms with Gasteiger partial charge in [-0.1, -0.05) is 54.1 Å². The van der Waals surface area contributed by atoms with Crippen LogP contribution >= 0.6 is 11.6 Å². The molecule has 2 N–H and O–H groups in total. The van der Waals surface area contributed by atoms with Gasteiger partial charge in [0.05, 0.1) is 12.3 Å². The van der Waals surface area contributed by atoms with Gasteiger partial charge in [0.25, 0.3) is 5.91 Å². The van der Waals surface area contributed by atoms with Crippen LogP contribution in [-0.4, -0.2) is 40.1 Å². The first-order valence-electron chi connectivity index (χ1n) is 9.73. The third kappa shape index (κ3) is 5.58. The normalized spacial score (nSPS) is 10.5. The summed E-state index contributed by atoms with van der Waals surface area (Å²) in [5.41, 5.74) is 2.86. The molecule has 0 bridgehead atoms. The molecule has 2 aromatic carbocycles. The van der Waals surface area contributed by atoms with Crippen LogP contribution in [0.3, 0.4) is 0 Å². The number of ether oxygens (including phenoxy) is 1. The SMILES string of the molecule is CCOC(=O)CNC(=O)c1nc(Cc2ccc(-c3ccccc3)cc2Cl)nc(C)c1O. The van der Waals surface area contributed by atoms with E-state index in [1.54, 1.807) is 13.8 Å². The number of aromatic hydroxyl groups is 1. The first kappa shape index (κ1) is 22.2. The average Bonchev–Trinajstić information content (AvgIpc) is 2.76. The molecule has 8 heteroatoms. The molecule has 1 aromatic heterocycles. The van der Waals surface area contributed by atoms with Gasteiger partial charge >= 0.3 is 5.97 Å². The molecule has 0 saturated heterocycles. The van der Waals surface area contributed by atoms with Crippen molar-refractivity contribution in [3.05, 3.63) is 76.3 Å². The maximum atomic E-state index is 12.4. The van der Waals surface area contributed by atoms with E-state index in [9.17, 15) is 14.7 Å². The summed E-state index contributed by atoms with van der Waals surface area (Å²) in [4.78, 5) is 32.3. The Morgan fingerprint density at radius 2 is 1.84 bits per heavy atom. The molecule has 0 saturated carbocycles. The summed E-state index contributed by atoms with van der Waals surface area (Å²) in [5, 5.41) is 13.2. The molecule has 0 radical (unpaired) electrons. The quantitative estimate of drug-likeness (QED) is 0.544. The second-order valence-electron chi connectivity index (χ2n) is 6.76. The van der Waals surface area contributed by atoms with Crippen LogP contribution in [0, 0.1) is 6.92 Å². The van der Waals surface area contributed by atoms with E-state index in [-0.39, 0.29) is 36.7 Å². The highest BCUT2D eigenvalue weighted by molar-refractivity contribution is 6.31. The molecule has 0 aliphatic carbocycles. The molecule has 160 valence electrons. The number of benzene rings is 2. The molecule has 0 spiro atoms. The minimum atomic E-state index is -0.692. The van der Waals surface area contributed by atoms with Crippen LogP contribution in [0.5, 0.6) is 5.75 Å². The minimum absolute atomic E-state index is 0.205. The Labute approximate surface area is 185 Å². The summed E-state index contributed by atoms with van der Waals surface area (Å²) < 4.78 is 4.78. The van der Waals surface area contributed by atoms with Gasteiger partial charge in [-0.15, -0.1) is 0 Å². The van der Waals surface area contributed by atoms with Crippen LogP contribution in [-0.2, 0) is 16.0 Å². The zero-order valence-corrected chi connectivity index (χ0v) is 17.9. The van der Waals surface area contributed by atoms with Crippen molar-refractivity contribution in [2.45, 2.75) is 20.3 Å². The van der Waals surface area contributed by atoms with Gasteiger partial charge in [0, 0.05) is 11.4 Å². The Morgan fingerprint density at radius 1 is 1.10 bits per heavy atom. The van der Waals surface area contributed by atoms with E-state index >= 15 is 0 Å². The lowest BCUT2D eigenvalue weighted by atomic mass is 10.0. The zero-order valence-electron chi connectivity index (χ0n) is 17.2. The standard InChI is InChI=1S/C23H22ClN3O4/c1-3-31-20(28)13-25-23(30)21-22(29)14(2)26-19(27-21)12-17-10-9-16(11-18(17)24)15-7-5-4-6-8-15/h4-11,29H,3,12-13H2,1-2H3,(H,25,30). The Morgan fingerprint density at radius 3 is 2.52 bits per heavy atom. The molecular weight excluding hydrogens is 418 g/mol. The lowest BCUT2D eigenvalue weighted by molar-refractivity contribution is -0.141. The highest BCUT2D eigenvalue weighted by atomic mass is 35.5. The van der Waals surface area contributed by atoms with Crippen molar-refractivity contribution in [3.8, 4) is 16.9 Å². The fraction of sp³-hybridized carbons (Fsp3) is 0.217. The van der Waals surface area contributed by atoms with Gasteiger partial charge in [-0.2, -0.15) is 0 Å². The Kier molecular flexibility index (Phi) is 7.20. The zero-order chi connectivity index (χ0) is 22.4. The number of aryl methyl sites for hydroxylation is 1. The summed E-state index contributed by atoms with van der Waals surface area (Å²) in [6.45, 7) is 3.13. The van der Waals surface area contributed by atoms with E-state index in [1.807, 2.05) is 48.5 Å². The van der Waals surface area contributed by atoms with Gasteiger partial charge in [-0.25, -0.2) is 9.97 Å². The minimum Gasteiger partial charge on any atom is -0.504 e. The van der Waals surface area contributed by atoms with E-state index < -0.39 is 11.9 Å². The number of amides is 1. The van der Waals surface area contributed by atoms with Gasteiger partial charge in [-0.3, -0.25) is 9.59 Å². The topological polar surface area (TPSA) is 101 Å². The van der Waals surface area contributed by atoms with Gasteiger partial charge in [0.2, 0.25) is 0 Å². The molecule has 0 aliphatic heterocycles. The first-order valence-corrected chi connectivity index (χ1v) is 10.1. The molecule has 31 heavy (non-hydrogen) atoms. The number of halogens is 1. The van der Waals surface area contributed by atoms with Crippen molar-refractivity contribution in [1.29, 1.82) is 0 Å². The Hall–Kier alpha value is -3.45. The number of nitrogens with zero attached hydrogens (tertiary/aromatic N) is 2. The number of hydrogen-bond acceptors (Lipinski definition) is 6. The van der Waals surface area contributed by atoms with Crippen molar-refractivity contribution < 1.29 is 19.4 Å². The van der Waals surface area contributed by atoms with Crippen molar-refractivity contribution >= 4 is 23.5 Å². The molecule has 1 amide bonds. The van der Waals surface area contributed by atoms with Crippen molar-refractivity contribution in [2.75, 3.05) is 13.2 Å². The number of carbonyl (C=O) groups is 2. The predicted molar refractivity (Wildman–Crippen MR) is 117 cm³/mol. The van der Waals surface area contributed by atoms with E-state index in [0.29, 0.717) is 10.8 Å². The first-order chi connectivity index (χ1) is 14.9. The van der Waals surface area contributed by atoms with E-state index in [4.69, 9.17) is 16.3 Å². The average molecular weight is 440 g/mol. The largest absolute Gasteiger partial charge is 0.504 e. The van der Waals surface area contributed by atoms with Gasteiger partial charge in [0.1, 0.15) is 12.4 Å². The molecule has 0 aliphatic rings. The number of hydrogen-bond donors (Lipinski definition) is 2. The van der Waals surface area contributed by atoms with Crippen molar-refractivity contribution in [3.63, 3.8) is 0 Å². The fourth-order valence-corrected chi connectivity index (χ4v) is 3.23. The van der Waals surface area contributed by atoms with Crippen LogP contribution in [0.1, 0.15) is 34.5 Å². The third-order valence-electron chi connectivity index (χ3n) is 4.53. The van der Waals surface area contributed by atoms with Gasteiger partial charge < -0.3 is 15.2 Å². The maximum Gasteiger partial charge on any atom is 0.325 e. The van der Waals surface area contributed by atoms with E-state index in [2.05, 4.69) is 15.3 Å². The van der Waals surface area contributed by atoms with E-state index in [1.165, 1.54) is 0 Å². The predicted octanol–water partition coefficient (Wildman–Crippen LogP) is 3.69. The molecule has 3 rings (SSSR count). The molecule has 0 fully saturated rings. The summed E-state index contributed by atoms with van der Waals surface area (Å²) >= 11 is 6.48. The molecule has 0 unspecified atom stereocenters. The monoisotopic (exact) mass is 439 g/mol. The lowest BCUT2D eigenvalue weighted by Gasteiger charge is -2.11. The van der Waals surface area contributed by atoms with Gasteiger partial charge in [0.15, 0.2) is 11.4 Å². The van der Waals surface area contributed by atoms with Crippen LogP contribution in [0.2, 0.25) is 5.02 Å². The molecule has 0 atom stereocenters. The number of aromatic nitrogens is 2. The van der Waals surface area contributed by atoms with Crippen molar-refractivity contribution in [1.82, 2.24) is 15.3 Å². The summed E-state index contributed by atoms with van der Waals surface area (Å²) in [7, 11) is 0. The second-order valence-corrected chi connectivity index (χ2v) is 7.17.